The Bertz CT molecular complexity index is 957. The third kappa shape index (κ3) is 5.66. The number of nitrogens with zero attached hydrogens (tertiary/aromatic N) is 3. The Morgan fingerprint density at radius 3 is 2.30 bits per heavy atom. The van der Waals surface area contributed by atoms with Crippen LogP contribution in [0.15, 0.2) is 41.5 Å². The topological polar surface area (TPSA) is 142 Å². The van der Waals surface area contributed by atoms with E-state index in [0.717, 1.165) is 0 Å². The fourth-order valence-corrected chi connectivity index (χ4v) is 1.86. The van der Waals surface area contributed by atoms with E-state index in [1.54, 1.807) is 38.4 Å². The molecule has 0 aliphatic heterocycles. The van der Waals surface area contributed by atoms with Gasteiger partial charge in [0, 0.05) is 20.3 Å². The third-order valence-corrected chi connectivity index (χ3v) is 3.10. The van der Waals surface area contributed by atoms with Gasteiger partial charge < -0.3 is 15.7 Å². The van der Waals surface area contributed by atoms with Gasteiger partial charge in [-0.15, -0.1) is 0 Å². The zero-order valence-electron chi connectivity index (χ0n) is 15.5. The van der Waals surface area contributed by atoms with E-state index in [-0.39, 0.29) is 23.1 Å². The summed E-state index contributed by atoms with van der Waals surface area (Å²) in [7, 11) is 3.14. The number of aromatic nitrogens is 4. The number of fused-ring (bicyclic) bond motifs is 1. The molecule has 144 valence electrons. The maximum Gasteiger partial charge on any atom is 0.338 e. The second-order valence-electron chi connectivity index (χ2n) is 4.71. The van der Waals surface area contributed by atoms with Crippen molar-refractivity contribution in [3.63, 3.8) is 0 Å². The van der Waals surface area contributed by atoms with Crippen molar-refractivity contribution in [1.29, 1.82) is 0 Å². The minimum Gasteiger partial charge on any atom is -0.478 e. The van der Waals surface area contributed by atoms with Crippen molar-refractivity contribution >= 4 is 22.9 Å². The fraction of sp³-hybridized carbons (Fsp3) is 0.235. The summed E-state index contributed by atoms with van der Waals surface area (Å²) in [6.45, 7) is 4.00. The Kier molecular flexibility index (Phi) is 8.17. The van der Waals surface area contributed by atoms with Crippen LogP contribution in [-0.4, -0.2) is 51.0 Å². The summed E-state index contributed by atoms with van der Waals surface area (Å²) in [5.74, 6) is -0.911. The first-order valence-electron chi connectivity index (χ1n) is 8.13. The van der Waals surface area contributed by atoms with Crippen LogP contribution in [0.1, 0.15) is 24.2 Å². The van der Waals surface area contributed by atoms with Crippen molar-refractivity contribution in [1.82, 2.24) is 30.4 Å². The molecule has 4 N–H and O–H groups in total. The highest BCUT2D eigenvalue weighted by Gasteiger charge is 2.10. The maximum atomic E-state index is 11.9. The monoisotopic (exact) mass is 374 g/mol. The first-order chi connectivity index (χ1) is 13.0. The predicted molar refractivity (Wildman–Crippen MR) is 101 cm³/mol. The molecule has 3 aromatic rings. The lowest BCUT2D eigenvalue weighted by Gasteiger charge is -2.01. The first kappa shape index (κ1) is 21.4. The summed E-state index contributed by atoms with van der Waals surface area (Å²) < 4.78 is 1.22. The van der Waals surface area contributed by atoms with Crippen LogP contribution in [-0.2, 0) is 0 Å². The number of carbonyl (C=O) groups excluding carboxylic acids is 1. The summed E-state index contributed by atoms with van der Waals surface area (Å²) in [6, 6.07) is 6.72. The number of aromatic amines is 1. The fourth-order valence-electron chi connectivity index (χ4n) is 1.86. The van der Waals surface area contributed by atoms with Crippen molar-refractivity contribution in [2.45, 2.75) is 13.8 Å². The number of carbonyl (C=O) groups is 2. The molecule has 0 spiro atoms. The van der Waals surface area contributed by atoms with Crippen LogP contribution in [0.2, 0.25) is 0 Å². The average Bonchev–Trinajstić information content (AvgIpc) is 3.20. The number of para-hydroxylation sites is 1. The second kappa shape index (κ2) is 10.3. The van der Waals surface area contributed by atoms with Gasteiger partial charge in [0.15, 0.2) is 0 Å². The molecule has 0 atom stereocenters. The van der Waals surface area contributed by atoms with E-state index in [2.05, 4.69) is 25.7 Å². The van der Waals surface area contributed by atoms with E-state index < -0.39 is 5.97 Å². The molecular formula is C17H22N6O4. The van der Waals surface area contributed by atoms with Crippen molar-refractivity contribution < 1.29 is 14.7 Å². The van der Waals surface area contributed by atoms with E-state index in [1.807, 2.05) is 13.8 Å². The molecule has 0 radical (unpaired) electrons. The lowest BCUT2D eigenvalue weighted by atomic mass is 10.2. The Morgan fingerprint density at radius 2 is 1.78 bits per heavy atom. The van der Waals surface area contributed by atoms with Crippen molar-refractivity contribution in [3.8, 4) is 5.95 Å². The number of carboxylic acids is 1. The molecule has 0 fully saturated rings. The lowest BCUT2D eigenvalue weighted by molar-refractivity contribution is 0.0697. The Morgan fingerprint density at radius 1 is 1.15 bits per heavy atom. The minimum atomic E-state index is -1.09. The molecule has 2 amide bonds. The van der Waals surface area contributed by atoms with Crippen LogP contribution >= 0.6 is 0 Å². The van der Waals surface area contributed by atoms with E-state index in [1.165, 1.54) is 17.1 Å². The molecule has 0 aliphatic carbocycles. The maximum absolute atomic E-state index is 11.9. The molecule has 0 aliphatic rings. The van der Waals surface area contributed by atoms with Gasteiger partial charge in [-0.05, 0) is 12.1 Å². The molecule has 3 rings (SSSR count). The SMILES string of the molecule is CC.CNC(=O)NC.O=C(O)c1cnn(-c2nc3ccccc3c(=O)[nH]2)c1. The van der Waals surface area contributed by atoms with Gasteiger partial charge in [0.1, 0.15) is 0 Å². The van der Waals surface area contributed by atoms with Gasteiger partial charge >= 0.3 is 12.0 Å². The first-order valence-corrected chi connectivity index (χ1v) is 8.13. The van der Waals surface area contributed by atoms with Gasteiger partial charge in [-0.25, -0.2) is 19.3 Å². The van der Waals surface area contributed by atoms with Crippen LogP contribution in [0.25, 0.3) is 16.9 Å². The van der Waals surface area contributed by atoms with Gasteiger partial charge in [0.05, 0.1) is 22.7 Å². The number of H-pyrrole nitrogens is 1. The second-order valence-corrected chi connectivity index (χ2v) is 4.71. The number of carboxylic acid groups (broad SMARTS) is 1. The Balaban J connectivity index is 0.000000392. The normalized spacial score (nSPS) is 9.33. The zero-order chi connectivity index (χ0) is 20.4. The lowest BCUT2D eigenvalue weighted by Crippen LogP contribution is -2.28. The number of aromatic carboxylic acids is 1. The molecule has 0 bridgehead atoms. The highest BCUT2D eigenvalue weighted by Crippen LogP contribution is 2.08. The summed E-state index contributed by atoms with van der Waals surface area (Å²) in [4.78, 5) is 39.4. The number of benzene rings is 1. The Hall–Kier alpha value is -3.69. The van der Waals surface area contributed by atoms with Gasteiger partial charge in [-0.2, -0.15) is 5.10 Å². The van der Waals surface area contributed by atoms with Crippen LogP contribution in [0.5, 0.6) is 0 Å². The summed E-state index contributed by atoms with van der Waals surface area (Å²) in [6.07, 6.45) is 2.48. The van der Waals surface area contributed by atoms with E-state index in [0.29, 0.717) is 10.9 Å². The average molecular weight is 374 g/mol. The summed E-state index contributed by atoms with van der Waals surface area (Å²) in [5, 5.41) is 17.9. The molecule has 2 heterocycles. The van der Waals surface area contributed by atoms with E-state index in [9.17, 15) is 14.4 Å². The molecule has 0 unspecified atom stereocenters. The summed E-state index contributed by atoms with van der Waals surface area (Å²) >= 11 is 0. The van der Waals surface area contributed by atoms with Crippen LogP contribution in [0.3, 0.4) is 0 Å². The van der Waals surface area contributed by atoms with Crippen molar-refractivity contribution in [2.24, 2.45) is 0 Å². The van der Waals surface area contributed by atoms with Crippen molar-refractivity contribution in [3.05, 3.63) is 52.6 Å². The highest BCUT2D eigenvalue weighted by molar-refractivity contribution is 5.87. The number of nitrogens with one attached hydrogen (secondary N) is 3. The van der Waals surface area contributed by atoms with Gasteiger partial charge in [-0.1, -0.05) is 26.0 Å². The predicted octanol–water partition coefficient (Wildman–Crippen LogP) is 1.38. The van der Waals surface area contributed by atoms with Crippen LogP contribution in [0, 0.1) is 0 Å². The molecule has 27 heavy (non-hydrogen) atoms. The van der Waals surface area contributed by atoms with E-state index >= 15 is 0 Å². The van der Waals surface area contributed by atoms with Gasteiger partial charge in [0.2, 0.25) is 5.95 Å². The van der Waals surface area contributed by atoms with Gasteiger partial charge in [0.25, 0.3) is 5.56 Å². The molecule has 1 aromatic carbocycles. The highest BCUT2D eigenvalue weighted by atomic mass is 16.4. The molecule has 2 aromatic heterocycles. The minimum absolute atomic E-state index is 0.0239. The van der Waals surface area contributed by atoms with E-state index in [4.69, 9.17) is 5.11 Å². The molecular weight excluding hydrogens is 352 g/mol. The zero-order valence-corrected chi connectivity index (χ0v) is 15.5. The molecule has 10 nitrogen and oxygen atoms in total. The number of hydrogen-bond donors (Lipinski definition) is 4. The van der Waals surface area contributed by atoms with Crippen LogP contribution < -0.4 is 16.2 Å². The summed E-state index contributed by atoms with van der Waals surface area (Å²) in [5.41, 5.74) is 0.248. The quantitative estimate of drug-likeness (QED) is 0.534. The number of rotatable bonds is 2. The molecule has 0 saturated heterocycles. The largest absolute Gasteiger partial charge is 0.478 e. The van der Waals surface area contributed by atoms with Crippen molar-refractivity contribution in [2.75, 3.05) is 14.1 Å². The molecule has 0 saturated carbocycles. The number of hydrogen-bond acceptors (Lipinski definition) is 5. The van der Waals surface area contributed by atoms with Crippen LogP contribution in [0.4, 0.5) is 4.79 Å². The number of amides is 2. The Labute approximate surface area is 155 Å². The third-order valence-electron chi connectivity index (χ3n) is 3.10. The molecule has 10 heteroatoms. The standard InChI is InChI=1S/C12H8N4O3.C3H8N2O.C2H6/c17-10-8-3-1-2-4-9(8)14-12(15-10)16-6-7(5-13-16)11(18)19;1-4-3(6)5-2;1-2/h1-6H,(H,18,19)(H,14,15,17);1-2H3,(H2,4,5,6);1-2H3. The number of urea groups is 1. The van der Waals surface area contributed by atoms with Gasteiger partial charge in [-0.3, -0.25) is 9.78 Å². The smallest absolute Gasteiger partial charge is 0.338 e.